The minimum atomic E-state index is -1.18. The van der Waals surface area contributed by atoms with Crippen molar-refractivity contribution in [2.45, 2.75) is 32.7 Å². The minimum Gasteiger partial charge on any atom is -0.466 e. The van der Waals surface area contributed by atoms with Gasteiger partial charge in [-0.25, -0.2) is 0 Å². The first-order valence-corrected chi connectivity index (χ1v) is 5.41. The van der Waals surface area contributed by atoms with E-state index >= 15 is 0 Å². The zero-order valence-electron chi connectivity index (χ0n) is 10.7. The van der Waals surface area contributed by atoms with E-state index in [0.717, 1.165) is 0 Å². The Morgan fingerprint density at radius 2 is 1.62 bits per heavy atom. The van der Waals surface area contributed by atoms with Crippen molar-refractivity contribution in [3.63, 3.8) is 0 Å². The molecule has 1 atom stereocenters. The van der Waals surface area contributed by atoms with Crippen LogP contribution in [0.1, 0.15) is 26.7 Å². The predicted octanol–water partition coefficient (Wildman–Crippen LogP) is 1.56. The summed E-state index contributed by atoms with van der Waals surface area (Å²) in [5, 5.41) is 0. The Morgan fingerprint density at radius 3 is 1.94 bits per heavy atom. The molecular weight excluding hydrogens is 212 g/mol. The van der Waals surface area contributed by atoms with Crippen molar-refractivity contribution >= 4 is 5.97 Å². The Morgan fingerprint density at radius 1 is 1.12 bits per heavy atom. The van der Waals surface area contributed by atoms with Gasteiger partial charge in [-0.1, -0.05) is 6.92 Å². The molecule has 0 aromatic heterocycles. The molecule has 0 saturated carbocycles. The maximum atomic E-state index is 11.4. The third-order valence-electron chi connectivity index (χ3n) is 2.56. The highest BCUT2D eigenvalue weighted by Gasteiger charge is 2.40. The molecule has 0 spiro atoms. The minimum absolute atomic E-state index is 0.202. The van der Waals surface area contributed by atoms with Gasteiger partial charge in [0, 0.05) is 21.3 Å². The molecule has 96 valence electrons. The fourth-order valence-corrected chi connectivity index (χ4v) is 1.69. The third kappa shape index (κ3) is 3.73. The molecule has 5 heteroatoms. The average Bonchev–Trinajstić information content (AvgIpc) is 2.30. The largest absolute Gasteiger partial charge is 0.466 e. The second kappa shape index (κ2) is 7.60. The lowest BCUT2D eigenvalue weighted by Crippen LogP contribution is -2.44. The van der Waals surface area contributed by atoms with Gasteiger partial charge in [-0.2, -0.15) is 0 Å². The number of methoxy groups -OCH3 is 3. The number of esters is 1. The van der Waals surface area contributed by atoms with Gasteiger partial charge in [0.2, 0.25) is 0 Å². The van der Waals surface area contributed by atoms with Crippen LogP contribution in [0.5, 0.6) is 0 Å². The number of carbonyl (C=O) groups excluding carboxylic acids is 1. The van der Waals surface area contributed by atoms with Gasteiger partial charge in [0.05, 0.1) is 18.9 Å². The van der Waals surface area contributed by atoms with Gasteiger partial charge in [-0.3, -0.25) is 4.79 Å². The van der Waals surface area contributed by atoms with Crippen molar-refractivity contribution in [1.29, 1.82) is 0 Å². The summed E-state index contributed by atoms with van der Waals surface area (Å²) in [4.78, 5) is 11.4. The number of rotatable bonds is 8. The highest BCUT2D eigenvalue weighted by Crippen LogP contribution is 2.29. The Kier molecular flexibility index (Phi) is 7.29. The van der Waals surface area contributed by atoms with E-state index in [2.05, 4.69) is 0 Å². The van der Waals surface area contributed by atoms with Gasteiger partial charge in [0.25, 0.3) is 5.97 Å². The second-order valence-corrected chi connectivity index (χ2v) is 3.33. The average molecular weight is 234 g/mol. The van der Waals surface area contributed by atoms with E-state index in [1.165, 1.54) is 21.3 Å². The number of hydrogen-bond acceptors (Lipinski definition) is 5. The Hall–Kier alpha value is -0.650. The molecule has 16 heavy (non-hydrogen) atoms. The molecule has 5 nitrogen and oxygen atoms in total. The maximum absolute atomic E-state index is 11.4. The SMILES string of the molecule is CCOC(=O)CC(CC)C(OC)(OC)OC. The third-order valence-corrected chi connectivity index (χ3v) is 2.56. The highest BCUT2D eigenvalue weighted by molar-refractivity contribution is 5.69. The lowest BCUT2D eigenvalue weighted by molar-refractivity contribution is -0.379. The Bertz CT molecular complexity index is 192. The molecule has 0 fully saturated rings. The van der Waals surface area contributed by atoms with E-state index in [9.17, 15) is 4.79 Å². The van der Waals surface area contributed by atoms with E-state index in [4.69, 9.17) is 18.9 Å². The molecule has 0 N–H and O–H groups in total. The number of carbonyl (C=O) groups is 1. The van der Waals surface area contributed by atoms with Crippen LogP contribution in [0.3, 0.4) is 0 Å². The lowest BCUT2D eigenvalue weighted by Gasteiger charge is -2.35. The van der Waals surface area contributed by atoms with E-state index in [-0.39, 0.29) is 18.3 Å². The first kappa shape index (κ1) is 15.3. The van der Waals surface area contributed by atoms with Crippen molar-refractivity contribution in [2.75, 3.05) is 27.9 Å². The molecule has 0 bridgehead atoms. The first-order chi connectivity index (χ1) is 7.60. The first-order valence-electron chi connectivity index (χ1n) is 5.41. The summed E-state index contributed by atoms with van der Waals surface area (Å²) in [6.07, 6.45) is 0.897. The fourth-order valence-electron chi connectivity index (χ4n) is 1.69. The van der Waals surface area contributed by atoms with E-state index in [0.29, 0.717) is 13.0 Å². The fraction of sp³-hybridized carbons (Fsp3) is 0.909. The summed E-state index contributed by atoms with van der Waals surface area (Å²) in [5.74, 6) is -1.65. The summed E-state index contributed by atoms with van der Waals surface area (Å²) in [6.45, 7) is 4.08. The van der Waals surface area contributed by atoms with Crippen LogP contribution in [0.2, 0.25) is 0 Å². The predicted molar refractivity (Wildman–Crippen MR) is 58.8 cm³/mol. The van der Waals surface area contributed by atoms with Crippen LogP contribution in [0.25, 0.3) is 0 Å². The Labute approximate surface area is 97.0 Å². The van der Waals surface area contributed by atoms with Gasteiger partial charge in [0.1, 0.15) is 0 Å². The normalized spacial score (nSPS) is 13.6. The van der Waals surface area contributed by atoms with Crippen LogP contribution in [-0.2, 0) is 23.7 Å². The summed E-state index contributed by atoms with van der Waals surface area (Å²) in [7, 11) is 4.46. The molecule has 0 radical (unpaired) electrons. The van der Waals surface area contributed by atoms with Crippen LogP contribution >= 0.6 is 0 Å². The van der Waals surface area contributed by atoms with Gasteiger partial charge in [-0.15, -0.1) is 0 Å². The van der Waals surface area contributed by atoms with E-state index < -0.39 is 5.97 Å². The van der Waals surface area contributed by atoms with Crippen molar-refractivity contribution in [3.05, 3.63) is 0 Å². The van der Waals surface area contributed by atoms with E-state index in [1.807, 2.05) is 6.92 Å². The van der Waals surface area contributed by atoms with Gasteiger partial charge >= 0.3 is 5.97 Å². The number of ether oxygens (including phenoxy) is 4. The zero-order valence-corrected chi connectivity index (χ0v) is 10.7. The van der Waals surface area contributed by atoms with Crippen molar-refractivity contribution in [2.24, 2.45) is 5.92 Å². The molecule has 0 aromatic carbocycles. The van der Waals surface area contributed by atoms with Gasteiger partial charge < -0.3 is 18.9 Å². The monoisotopic (exact) mass is 234 g/mol. The van der Waals surface area contributed by atoms with E-state index in [1.54, 1.807) is 6.92 Å². The summed E-state index contributed by atoms with van der Waals surface area (Å²) in [5.41, 5.74) is 0. The van der Waals surface area contributed by atoms with Crippen LogP contribution in [0, 0.1) is 5.92 Å². The zero-order chi connectivity index (χ0) is 12.6. The molecule has 0 aromatic rings. The molecule has 0 saturated heterocycles. The topological polar surface area (TPSA) is 54.0 Å². The second-order valence-electron chi connectivity index (χ2n) is 3.33. The van der Waals surface area contributed by atoms with Crippen molar-refractivity contribution < 1.29 is 23.7 Å². The summed E-state index contributed by atoms with van der Waals surface area (Å²) in [6, 6.07) is 0. The van der Waals surface area contributed by atoms with Crippen LogP contribution in [-0.4, -0.2) is 39.9 Å². The Balaban J connectivity index is 4.61. The summed E-state index contributed by atoms with van der Waals surface area (Å²) >= 11 is 0. The maximum Gasteiger partial charge on any atom is 0.306 e. The van der Waals surface area contributed by atoms with Gasteiger partial charge in [0.15, 0.2) is 0 Å². The quantitative estimate of drug-likeness (QED) is 0.471. The lowest BCUT2D eigenvalue weighted by atomic mass is 9.99. The van der Waals surface area contributed by atoms with Crippen LogP contribution < -0.4 is 0 Å². The van der Waals surface area contributed by atoms with Crippen LogP contribution in [0.15, 0.2) is 0 Å². The molecular formula is C11H22O5. The molecule has 0 aliphatic carbocycles. The smallest absolute Gasteiger partial charge is 0.306 e. The van der Waals surface area contributed by atoms with Crippen molar-refractivity contribution in [1.82, 2.24) is 0 Å². The highest BCUT2D eigenvalue weighted by atomic mass is 16.9. The number of hydrogen-bond donors (Lipinski definition) is 0. The molecule has 0 heterocycles. The van der Waals surface area contributed by atoms with Gasteiger partial charge in [-0.05, 0) is 13.3 Å². The van der Waals surface area contributed by atoms with Crippen molar-refractivity contribution in [3.8, 4) is 0 Å². The molecule has 1 unspecified atom stereocenters. The molecule has 0 rings (SSSR count). The van der Waals surface area contributed by atoms with Crippen LogP contribution in [0.4, 0.5) is 0 Å². The summed E-state index contributed by atoms with van der Waals surface area (Å²) < 4.78 is 20.5. The molecule has 0 amide bonds. The standard InChI is InChI=1S/C11H22O5/c1-6-9(8-10(12)16-7-2)11(13-3,14-4)15-5/h9H,6-8H2,1-5H3. The molecule has 0 aliphatic rings. The molecule has 0 aliphatic heterocycles.